The van der Waals surface area contributed by atoms with Crippen LogP contribution < -0.4 is 15.7 Å². The van der Waals surface area contributed by atoms with Gasteiger partial charge in [-0.05, 0) is 42.8 Å². The molecule has 2 heterocycles. The summed E-state index contributed by atoms with van der Waals surface area (Å²) in [6, 6.07) is 10.1. The number of nitrogens with one attached hydrogen (secondary N) is 1. The first kappa shape index (κ1) is 34.5. The van der Waals surface area contributed by atoms with E-state index < -0.39 is 35.9 Å². The molecule has 0 radical (unpaired) electrons. The second-order valence-corrected chi connectivity index (χ2v) is 10.3. The van der Waals surface area contributed by atoms with E-state index in [0.29, 0.717) is 16.7 Å². The van der Waals surface area contributed by atoms with E-state index in [-0.39, 0.29) is 60.2 Å². The second kappa shape index (κ2) is 14.2. The standard InChI is InChI=1S/C28H29F3N6O5.CH2O2/c1-17-23(25(40)42-3)24(22-8-7-18(15-32)13-19(22)16-37(2,9-11-38)10-12-39)36-26(33-34-27(36)41)35(17)21-6-4-5-20(14-21)28(29,30)31;2-1-3/h4-8,13-14,24,38-39H,9-12,16H2,1-3H3;1H,(H,2,3). The number of H-pyrrole nitrogens is 1. The Labute approximate surface area is 255 Å². The summed E-state index contributed by atoms with van der Waals surface area (Å²) in [6.07, 6.45) is -4.65. The number of aliphatic hydroxyl groups excluding tert-OH is 2. The van der Waals surface area contributed by atoms with Crippen LogP contribution in [0.25, 0.3) is 0 Å². The first-order valence-electron chi connectivity index (χ1n) is 13.4. The Morgan fingerprint density at radius 3 is 2.42 bits per heavy atom. The van der Waals surface area contributed by atoms with Gasteiger partial charge in [-0.15, -0.1) is 5.10 Å². The summed E-state index contributed by atoms with van der Waals surface area (Å²) in [7, 11) is 2.96. The van der Waals surface area contributed by atoms with Crippen LogP contribution in [0.3, 0.4) is 0 Å². The lowest BCUT2D eigenvalue weighted by Gasteiger charge is -2.38. The van der Waals surface area contributed by atoms with E-state index in [4.69, 9.17) is 14.6 Å². The molecule has 16 heteroatoms. The van der Waals surface area contributed by atoms with E-state index in [0.717, 1.165) is 23.8 Å². The van der Waals surface area contributed by atoms with Crippen molar-refractivity contribution in [3.63, 3.8) is 0 Å². The van der Waals surface area contributed by atoms with Crippen LogP contribution in [0.15, 0.2) is 58.5 Å². The monoisotopic (exact) mass is 632 g/mol. The van der Waals surface area contributed by atoms with Crippen LogP contribution in [-0.2, 0) is 27.0 Å². The molecule has 2 aromatic carbocycles. The molecule has 1 unspecified atom stereocenters. The lowest BCUT2D eigenvalue weighted by atomic mass is 9.89. The van der Waals surface area contributed by atoms with Gasteiger partial charge in [-0.25, -0.2) is 19.3 Å². The van der Waals surface area contributed by atoms with Gasteiger partial charge in [0.1, 0.15) is 25.7 Å². The third-order valence-electron chi connectivity index (χ3n) is 7.38. The SMILES string of the molecule is COC(=O)C1=C(C)N(c2cccc(C(F)(F)F)c2)c2n[nH]c(=O)n2C1c1ccc(C#N)cc1C[N+](C)(CCO)CCO.O=C[O-]. The number of esters is 1. The van der Waals surface area contributed by atoms with Crippen LogP contribution in [0.2, 0.25) is 0 Å². The number of aliphatic hydroxyl groups is 2. The van der Waals surface area contributed by atoms with E-state index in [1.807, 2.05) is 7.05 Å². The molecule has 3 N–H and O–H groups in total. The fourth-order valence-corrected chi connectivity index (χ4v) is 5.32. The number of aromatic amines is 1. The van der Waals surface area contributed by atoms with E-state index in [9.17, 15) is 38.2 Å². The maximum Gasteiger partial charge on any atom is 0.416 e. The number of aromatic nitrogens is 3. The average molecular weight is 633 g/mol. The number of carbonyl (C=O) groups excluding carboxylic acids is 2. The minimum atomic E-state index is -4.65. The van der Waals surface area contributed by atoms with E-state index in [2.05, 4.69) is 16.3 Å². The van der Waals surface area contributed by atoms with Crippen molar-refractivity contribution in [2.24, 2.45) is 0 Å². The van der Waals surface area contributed by atoms with Gasteiger partial charge in [-0.1, -0.05) is 12.1 Å². The molecule has 0 amide bonds. The van der Waals surface area contributed by atoms with E-state index in [1.165, 1.54) is 30.0 Å². The number of fused-ring (bicyclic) bond motifs is 1. The molecule has 0 fully saturated rings. The molecular formula is C29H31F3N6O7. The smallest absolute Gasteiger partial charge is 0.416 e. The highest BCUT2D eigenvalue weighted by Gasteiger charge is 2.41. The topological polar surface area (TPSA) is 185 Å². The lowest BCUT2D eigenvalue weighted by molar-refractivity contribution is -0.923. The largest absolute Gasteiger partial charge is 0.554 e. The third kappa shape index (κ3) is 7.23. The number of benzene rings is 2. The number of ether oxygens (including phenoxy) is 1. The number of nitriles is 1. The maximum atomic E-state index is 13.6. The van der Waals surface area contributed by atoms with Gasteiger partial charge in [-0.3, -0.25) is 4.90 Å². The number of rotatable bonds is 9. The minimum Gasteiger partial charge on any atom is -0.554 e. The van der Waals surface area contributed by atoms with Crippen molar-refractivity contribution in [2.45, 2.75) is 25.7 Å². The highest BCUT2D eigenvalue weighted by molar-refractivity contribution is 5.93. The number of carboxylic acid groups (broad SMARTS) is 1. The quantitative estimate of drug-likeness (QED) is 0.174. The second-order valence-electron chi connectivity index (χ2n) is 10.3. The fourth-order valence-electron chi connectivity index (χ4n) is 5.32. The highest BCUT2D eigenvalue weighted by Crippen LogP contribution is 2.43. The number of hydrogen-bond acceptors (Lipinski definition) is 10. The number of quaternary nitrogens is 1. The Hall–Kier alpha value is -4.98. The molecule has 1 aliphatic heterocycles. The molecule has 45 heavy (non-hydrogen) atoms. The number of likely N-dealkylation sites (N-methyl/N-ethyl adjacent to an activating group) is 1. The van der Waals surface area contributed by atoms with Gasteiger partial charge in [0.15, 0.2) is 0 Å². The molecule has 0 spiro atoms. The fraction of sp³-hybridized carbons (Fsp3) is 0.345. The van der Waals surface area contributed by atoms with Gasteiger partial charge < -0.3 is 29.3 Å². The molecule has 1 atom stereocenters. The first-order valence-corrected chi connectivity index (χ1v) is 13.4. The van der Waals surface area contributed by atoms with Crippen LogP contribution in [0.5, 0.6) is 0 Å². The number of methoxy groups -OCH3 is 1. The molecule has 240 valence electrons. The average Bonchev–Trinajstić information content (AvgIpc) is 3.37. The summed E-state index contributed by atoms with van der Waals surface area (Å²) in [5.41, 5.74) is -0.234. The van der Waals surface area contributed by atoms with Crippen molar-refractivity contribution >= 4 is 24.1 Å². The van der Waals surface area contributed by atoms with Crippen LogP contribution in [0, 0.1) is 11.3 Å². The molecule has 13 nitrogen and oxygen atoms in total. The van der Waals surface area contributed by atoms with Crippen molar-refractivity contribution < 1.29 is 47.3 Å². The van der Waals surface area contributed by atoms with Crippen LogP contribution in [0.4, 0.5) is 24.8 Å². The third-order valence-corrected chi connectivity index (χ3v) is 7.38. The zero-order valence-corrected chi connectivity index (χ0v) is 24.5. The minimum absolute atomic E-state index is 0.0117. The summed E-state index contributed by atoms with van der Waals surface area (Å²) in [5, 5.41) is 43.7. The number of nitrogens with zero attached hydrogens (tertiary/aromatic N) is 5. The molecule has 1 aliphatic rings. The maximum absolute atomic E-state index is 13.6. The predicted molar refractivity (Wildman–Crippen MR) is 150 cm³/mol. The molecule has 3 aromatic rings. The molecule has 1 aromatic heterocycles. The Balaban J connectivity index is 0.00000177. The van der Waals surface area contributed by atoms with Crippen molar-refractivity contribution in [3.05, 3.63) is 86.5 Å². The zero-order chi connectivity index (χ0) is 33.5. The molecule has 0 bridgehead atoms. The summed E-state index contributed by atoms with van der Waals surface area (Å²) in [6.45, 7) is 1.38. The summed E-state index contributed by atoms with van der Waals surface area (Å²) in [5.74, 6) is -0.890. The zero-order valence-electron chi connectivity index (χ0n) is 24.5. The predicted octanol–water partition coefficient (Wildman–Crippen LogP) is 0.947. The first-order chi connectivity index (χ1) is 21.3. The lowest BCUT2D eigenvalue weighted by Crippen LogP contribution is -2.47. The van der Waals surface area contributed by atoms with Crippen molar-refractivity contribution in [1.82, 2.24) is 14.8 Å². The van der Waals surface area contributed by atoms with Gasteiger partial charge in [0.2, 0.25) is 5.95 Å². The Morgan fingerprint density at radius 2 is 1.87 bits per heavy atom. The van der Waals surface area contributed by atoms with Crippen LogP contribution >= 0.6 is 0 Å². The van der Waals surface area contributed by atoms with Crippen molar-refractivity contribution in [1.29, 1.82) is 5.26 Å². The molecule has 4 rings (SSSR count). The summed E-state index contributed by atoms with van der Waals surface area (Å²) in [4.78, 5) is 36.2. The number of halogens is 3. The highest BCUT2D eigenvalue weighted by atomic mass is 19.4. The van der Waals surface area contributed by atoms with Gasteiger partial charge in [0.05, 0.1) is 50.1 Å². The Morgan fingerprint density at radius 1 is 1.22 bits per heavy atom. The Bertz CT molecular complexity index is 1670. The molecular weight excluding hydrogens is 601 g/mol. The van der Waals surface area contributed by atoms with Gasteiger partial charge >= 0.3 is 17.8 Å². The van der Waals surface area contributed by atoms with E-state index >= 15 is 0 Å². The summed E-state index contributed by atoms with van der Waals surface area (Å²) >= 11 is 0. The molecule has 0 saturated carbocycles. The normalized spacial score (nSPS) is 14.6. The molecule has 0 aliphatic carbocycles. The van der Waals surface area contributed by atoms with Crippen LogP contribution in [-0.4, -0.2) is 82.4 Å². The van der Waals surface area contributed by atoms with Gasteiger partial charge in [0, 0.05) is 23.4 Å². The number of alkyl halides is 3. The Kier molecular flexibility index (Phi) is 10.9. The number of anilines is 2. The van der Waals surface area contributed by atoms with Gasteiger partial charge in [-0.2, -0.15) is 18.4 Å². The number of carbonyl (C=O) groups is 2. The summed E-state index contributed by atoms with van der Waals surface area (Å²) < 4.78 is 47.2. The number of hydrogen-bond donors (Lipinski definition) is 3. The van der Waals surface area contributed by atoms with Gasteiger partial charge in [0.25, 0.3) is 0 Å². The number of allylic oxidation sites excluding steroid dienone is 1. The van der Waals surface area contributed by atoms with E-state index in [1.54, 1.807) is 12.1 Å². The molecule has 0 saturated heterocycles. The van der Waals surface area contributed by atoms with Crippen molar-refractivity contribution in [2.75, 3.05) is 45.4 Å². The van der Waals surface area contributed by atoms with Crippen LogP contribution in [0.1, 0.15) is 35.2 Å². The van der Waals surface area contributed by atoms with Crippen molar-refractivity contribution in [3.8, 4) is 6.07 Å².